The predicted molar refractivity (Wildman–Crippen MR) is 139 cm³/mol. The lowest BCUT2D eigenvalue weighted by Gasteiger charge is -2.41. The molecule has 3 aromatic rings. The van der Waals surface area contributed by atoms with E-state index in [9.17, 15) is 18.0 Å². The van der Waals surface area contributed by atoms with Crippen molar-refractivity contribution in [2.24, 2.45) is 11.1 Å². The fourth-order valence-electron chi connectivity index (χ4n) is 4.70. The number of benzene rings is 2. The molecule has 1 saturated heterocycles. The second kappa shape index (κ2) is 12.0. The third-order valence-corrected chi connectivity index (χ3v) is 6.66. The zero-order chi connectivity index (χ0) is 27.3. The summed E-state index contributed by atoms with van der Waals surface area (Å²) in [5.74, 6) is -0.878. The zero-order valence-corrected chi connectivity index (χ0v) is 21.7. The number of rotatable bonds is 10. The molecule has 10 heteroatoms. The molecule has 0 unspecified atom stereocenters. The predicted octanol–water partition coefficient (Wildman–Crippen LogP) is 5.32. The minimum absolute atomic E-state index is 0.0161. The van der Waals surface area contributed by atoms with Crippen LogP contribution in [0.5, 0.6) is 0 Å². The molecular formula is C28H34F3N5O2. The molecule has 1 fully saturated rings. The molecule has 0 radical (unpaired) electrons. The minimum Gasteiger partial charge on any atom is -0.330 e. The highest BCUT2D eigenvalue weighted by Gasteiger charge is 2.43. The smallest absolute Gasteiger partial charge is 0.330 e. The van der Waals surface area contributed by atoms with E-state index in [1.807, 2.05) is 30.3 Å². The van der Waals surface area contributed by atoms with Crippen molar-refractivity contribution < 1.29 is 22.8 Å². The number of nitrogens with zero attached hydrogens (tertiary/aromatic N) is 4. The number of imidazole rings is 1. The van der Waals surface area contributed by atoms with Gasteiger partial charge in [0.25, 0.3) is 0 Å². The number of alkyl halides is 1. The maximum absolute atomic E-state index is 14.8. The molecule has 2 amide bonds. The second-order valence-corrected chi connectivity index (χ2v) is 10.2. The van der Waals surface area contributed by atoms with Crippen molar-refractivity contribution in [1.29, 1.82) is 0 Å². The Morgan fingerprint density at radius 3 is 2.63 bits per heavy atom. The van der Waals surface area contributed by atoms with Crippen LogP contribution < -0.4 is 5.73 Å². The van der Waals surface area contributed by atoms with Gasteiger partial charge in [-0.25, -0.2) is 23.6 Å². The van der Waals surface area contributed by atoms with Crippen LogP contribution in [0, 0.1) is 17.0 Å². The summed E-state index contributed by atoms with van der Waals surface area (Å²) in [4.78, 5) is 25.5. The van der Waals surface area contributed by atoms with Crippen LogP contribution >= 0.6 is 0 Å². The van der Waals surface area contributed by atoms with E-state index in [1.54, 1.807) is 29.5 Å². The molecule has 4 rings (SSSR count). The highest BCUT2D eigenvalue weighted by Crippen LogP contribution is 2.41. The molecule has 0 aliphatic carbocycles. The summed E-state index contributed by atoms with van der Waals surface area (Å²) in [6.45, 7) is 4.41. The molecule has 0 saturated carbocycles. The number of hydroxylamine groups is 2. The average Bonchev–Trinajstić information content (AvgIpc) is 3.59. The van der Waals surface area contributed by atoms with Crippen molar-refractivity contribution in [2.75, 3.05) is 32.9 Å². The monoisotopic (exact) mass is 529 g/mol. The first-order chi connectivity index (χ1) is 18.2. The number of amides is 2. The van der Waals surface area contributed by atoms with Crippen molar-refractivity contribution in [1.82, 2.24) is 19.5 Å². The largest absolute Gasteiger partial charge is 0.344 e. The molecule has 2 aromatic carbocycles. The molecule has 1 aliphatic heterocycles. The van der Waals surface area contributed by atoms with Gasteiger partial charge < -0.3 is 15.2 Å². The SMILES string of the molecule is CC(C)(CF)[C@H](c1nc(-c2cc(F)ccc2F)cn1Cc1ccccc1)N(CCCN)C(=O)N1CCCO1. The van der Waals surface area contributed by atoms with E-state index in [-0.39, 0.29) is 17.8 Å². The Morgan fingerprint density at radius 2 is 1.97 bits per heavy atom. The number of hydrogen-bond donors (Lipinski definition) is 1. The van der Waals surface area contributed by atoms with Crippen LogP contribution in [0.4, 0.5) is 18.0 Å². The van der Waals surface area contributed by atoms with Crippen LogP contribution in [0.25, 0.3) is 11.3 Å². The number of halogens is 3. The van der Waals surface area contributed by atoms with E-state index in [0.717, 1.165) is 23.8 Å². The molecule has 0 spiro atoms. The van der Waals surface area contributed by atoms with Crippen molar-refractivity contribution in [3.8, 4) is 11.3 Å². The number of aromatic nitrogens is 2. The van der Waals surface area contributed by atoms with Crippen LogP contribution in [0.15, 0.2) is 54.7 Å². The fourth-order valence-corrected chi connectivity index (χ4v) is 4.70. The molecule has 204 valence electrons. The summed E-state index contributed by atoms with van der Waals surface area (Å²) in [6.07, 6.45) is 2.79. The standard InChI is InChI=1S/C28H34F3N5O2/c1-28(2,19-29)25(35(13-6-12-32)27(37)36-14-7-15-38-36)26-33-24(22-16-21(30)10-11-23(22)31)18-34(26)17-20-8-4-3-5-9-20/h3-5,8-11,16,18,25H,6-7,12-15,17,19,32H2,1-2H3/t25-/m0/s1. The summed E-state index contributed by atoms with van der Waals surface area (Å²) < 4.78 is 45.4. The molecule has 38 heavy (non-hydrogen) atoms. The summed E-state index contributed by atoms with van der Waals surface area (Å²) in [5, 5.41) is 1.29. The van der Waals surface area contributed by atoms with Gasteiger partial charge in [-0.1, -0.05) is 44.2 Å². The number of urea groups is 1. The van der Waals surface area contributed by atoms with Gasteiger partial charge in [-0.2, -0.15) is 0 Å². The van der Waals surface area contributed by atoms with Crippen LogP contribution in [0.3, 0.4) is 0 Å². The highest BCUT2D eigenvalue weighted by atomic mass is 19.1. The lowest BCUT2D eigenvalue weighted by Crippen LogP contribution is -2.49. The molecule has 1 aromatic heterocycles. The average molecular weight is 530 g/mol. The van der Waals surface area contributed by atoms with Gasteiger partial charge >= 0.3 is 6.03 Å². The van der Waals surface area contributed by atoms with E-state index in [0.29, 0.717) is 44.9 Å². The van der Waals surface area contributed by atoms with Crippen LogP contribution in [0.2, 0.25) is 0 Å². The lowest BCUT2D eigenvalue weighted by atomic mass is 9.83. The summed E-state index contributed by atoms with van der Waals surface area (Å²) >= 11 is 0. The Labute approximate surface area is 221 Å². The minimum atomic E-state index is -1.08. The van der Waals surface area contributed by atoms with Crippen molar-refractivity contribution >= 4 is 6.03 Å². The van der Waals surface area contributed by atoms with E-state index < -0.39 is 35.8 Å². The van der Waals surface area contributed by atoms with Crippen LogP contribution in [0.1, 0.15) is 44.1 Å². The fraction of sp³-hybridized carbons (Fsp3) is 0.429. The van der Waals surface area contributed by atoms with E-state index in [4.69, 9.17) is 15.6 Å². The van der Waals surface area contributed by atoms with Crippen molar-refractivity contribution in [3.63, 3.8) is 0 Å². The molecule has 7 nitrogen and oxygen atoms in total. The number of carbonyl (C=O) groups is 1. The third-order valence-electron chi connectivity index (χ3n) is 6.66. The van der Waals surface area contributed by atoms with Crippen LogP contribution in [-0.4, -0.2) is 58.5 Å². The number of hydrogen-bond acceptors (Lipinski definition) is 4. The van der Waals surface area contributed by atoms with E-state index in [2.05, 4.69) is 0 Å². The molecule has 2 heterocycles. The molecule has 2 N–H and O–H groups in total. The zero-order valence-electron chi connectivity index (χ0n) is 21.7. The van der Waals surface area contributed by atoms with Gasteiger partial charge in [-0.05, 0) is 43.1 Å². The molecule has 1 aliphatic rings. The summed E-state index contributed by atoms with van der Waals surface area (Å²) in [7, 11) is 0. The summed E-state index contributed by atoms with van der Waals surface area (Å²) in [5.41, 5.74) is 5.82. The first-order valence-electron chi connectivity index (χ1n) is 12.8. The Kier molecular flexibility index (Phi) is 8.73. The van der Waals surface area contributed by atoms with Crippen molar-refractivity contribution in [3.05, 3.63) is 77.8 Å². The number of carbonyl (C=O) groups excluding carboxylic acids is 1. The van der Waals surface area contributed by atoms with Gasteiger partial charge in [0.1, 0.15) is 17.5 Å². The first-order valence-corrected chi connectivity index (χ1v) is 12.8. The Bertz CT molecular complexity index is 1230. The van der Waals surface area contributed by atoms with Gasteiger partial charge in [-0.15, -0.1) is 0 Å². The Balaban J connectivity index is 1.89. The maximum Gasteiger partial charge on any atom is 0.344 e. The van der Waals surface area contributed by atoms with Gasteiger partial charge in [0.15, 0.2) is 0 Å². The number of nitrogens with two attached hydrogens (primary N) is 1. The van der Waals surface area contributed by atoms with Gasteiger partial charge in [0.2, 0.25) is 0 Å². The van der Waals surface area contributed by atoms with E-state index in [1.165, 1.54) is 5.06 Å². The van der Waals surface area contributed by atoms with Gasteiger partial charge in [-0.3, -0.25) is 9.23 Å². The van der Waals surface area contributed by atoms with Crippen LogP contribution in [-0.2, 0) is 11.4 Å². The summed E-state index contributed by atoms with van der Waals surface area (Å²) in [6, 6.07) is 11.4. The van der Waals surface area contributed by atoms with Crippen molar-refractivity contribution in [2.45, 2.75) is 39.3 Å². The van der Waals surface area contributed by atoms with E-state index >= 15 is 0 Å². The highest BCUT2D eigenvalue weighted by molar-refractivity contribution is 5.74. The van der Waals surface area contributed by atoms with Gasteiger partial charge in [0.05, 0.1) is 31.6 Å². The van der Waals surface area contributed by atoms with Gasteiger partial charge in [0, 0.05) is 30.3 Å². The molecular weight excluding hydrogens is 495 g/mol. The topological polar surface area (TPSA) is 76.6 Å². The Morgan fingerprint density at radius 1 is 1.21 bits per heavy atom. The Hall–Kier alpha value is -3.37. The normalized spacial score (nSPS) is 14.6. The maximum atomic E-state index is 14.8. The lowest BCUT2D eigenvalue weighted by molar-refractivity contribution is -0.0857. The third kappa shape index (κ3) is 6.02. The molecule has 1 atom stereocenters. The molecule has 0 bridgehead atoms. The second-order valence-electron chi connectivity index (χ2n) is 10.2. The first kappa shape index (κ1) is 27.7. The quantitative estimate of drug-likeness (QED) is 0.386.